The number of nitrogens with one attached hydrogen (secondary N) is 1. The van der Waals surface area contributed by atoms with E-state index in [4.69, 9.17) is 11.6 Å². The van der Waals surface area contributed by atoms with Gasteiger partial charge in [-0.3, -0.25) is 9.59 Å². The van der Waals surface area contributed by atoms with Gasteiger partial charge in [-0.1, -0.05) is 61.7 Å². The second-order valence-corrected chi connectivity index (χ2v) is 8.27. The maximum atomic E-state index is 14.1. The Morgan fingerprint density at radius 3 is 2.43 bits per heavy atom. The average Bonchev–Trinajstić information content (AvgIpc) is 3.24. The van der Waals surface area contributed by atoms with Crippen molar-refractivity contribution < 1.29 is 14.0 Å². The molecule has 30 heavy (non-hydrogen) atoms. The molecule has 1 aliphatic rings. The number of hydrogen-bond donors (Lipinski definition) is 1. The van der Waals surface area contributed by atoms with E-state index >= 15 is 0 Å². The van der Waals surface area contributed by atoms with Crippen molar-refractivity contribution in [1.82, 2.24) is 10.2 Å². The minimum Gasteiger partial charge on any atom is -0.352 e. The summed E-state index contributed by atoms with van der Waals surface area (Å²) in [6.45, 7) is 2.16. The summed E-state index contributed by atoms with van der Waals surface area (Å²) in [6.07, 6.45) is 4.57. The Balaban J connectivity index is 1.82. The van der Waals surface area contributed by atoms with E-state index < -0.39 is 11.9 Å². The van der Waals surface area contributed by atoms with Crippen LogP contribution in [0.1, 0.15) is 50.2 Å². The van der Waals surface area contributed by atoms with Gasteiger partial charge in [0.15, 0.2) is 0 Å². The largest absolute Gasteiger partial charge is 0.352 e. The van der Waals surface area contributed by atoms with Gasteiger partial charge in [-0.15, -0.1) is 0 Å². The van der Waals surface area contributed by atoms with Crippen LogP contribution in [0, 0.1) is 5.82 Å². The topological polar surface area (TPSA) is 49.4 Å². The third-order valence-corrected chi connectivity index (χ3v) is 5.91. The Kier molecular flexibility index (Phi) is 7.86. The van der Waals surface area contributed by atoms with E-state index in [1.54, 1.807) is 35.2 Å². The Morgan fingerprint density at radius 2 is 1.80 bits per heavy atom. The first kappa shape index (κ1) is 22.3. The van der Waals surface area contributed by atoms with Gasteiger partial charge >= 0.3 is 0 Å². The van der Waals surface area contributed by atoms with Crippen LogP contribution in [0.3, 0.4) is 0 Å². The van der Waals surface area contributed by atoms with Gasteiger partial charge in [0.05, 0.1) is 6.42 Å². The zero-order valence-electron chi connectivity index (χ0n) is 17.2. The maximum Gasteiger partial charge on any atom is 0.243 e. The maximum absolute atomic E-state index is 14.1. The molecule has 0 aromatic heterocycles. The van der Waals surface area contributed by atoms with Crippen LogP contribution in [0.5, 0.6) is 0 Å². The van der Waals surface area contributed by atoms with E-state index in [-0.39, 0.29) is 30.8 Å². The molecule has 0 unspecified atom stereocenters. The molecule has 0 heterocycles. The third kappa shape index (κ3) is 5.82. The summed E-state index contributed by atoms with van der Waals surface area (Å²) in [5, 5.41) is 3.71. The van der Waals surface area contributed by atoms with Crippen LogP contribution in [0.4, 0.5) is 4.39 Å². The zero-order valence-corrected chi connectivity index (χ0v) is 18.0. The van der Waals surface area contributed by atoms with Crippen LogP contribution >= 0.6 is 11.6 Å². The second kappa shape index (κ2) is 10.6. The molecule has 3 rings (SSSR count). The predicted octanol–water partition coefficient (Wildman–Crippen LogP) is 4.89. The van der Waals surface area contributed by atoms with Crippen molar-refractivity contribution in [2.24, 2.45) is 0 Å². The first-order valence-corrected chi connectivity index (χ1v) is 10.9. The van der Waals surface area contributed by atoms with Crippen LogP contribution in [-0.2, 0) is 22.6 Å². The van der Waals surface area contributed by atoms with Crippen LogP contribution in [0.2, 0.25) is 5.02 Å². The summed E-state index contributed by atoms with van der Waals surface area (Å²) in [4.78, 5) is 27.8. The van der Waals surface area contributed by atoms with Crippen LogP contribution in [0.15, 0.2) is 48.5 Å². The summed E-state index contributed by atoms with van der Waals surface area (Å²) >= 11 is 5.98. The van der Waals surface area contributed by atoms with Gasteiger partial charge in [-0.2, -0.15) is 0 Å². The highest BCUT2D eigenvalue weighted by Gasteiger charge is 2.30. The van der Waals surface area contributed by atoms with Crippen molar-refractivity contribution in [2.75, 3.05) is 0 Å². The molecule has 1 fully saturated rings. The molecule has 0 radical (unpaired) electrons. The van der Waals surface area contributed by atoms with E-state index in [2.05, 4.69) is 5.32 Å². The second-order valence-electron chi connectivity index (χ2n) is 7.83. The number of carbonyl (C=O) groups is 2. The highest BCUT2D eigenvalue weighted by molar-refractivity contribution is 6.30. The van der Waals surface area contributed by atoms with Gasteiger partial charge < -0.3 is 10.2 Å². The van der Waals surface area contributed by atoms with E-state index in [9.17, 15) is 14.0 Å². The zero-order chi connectivity index (χ0) is 21.5. The van der Waals surface area contributed by atoms with Crippen LogP contribution in [0.25, 0.3) is 0 Å². The number of hydrogen-bond acceptors (Lipinski definition) is 2. The molecule has 160 valence electrons. The van der Waals surface area contributed by atoms with Gasteiger partial charge in [0.1, 0.15) is 11.9 Å². The molecule has 1 atom stereocenters. The van der Waals surface area contributed by atoms with Gasteiger partial charge in [0.25, 0.3) is 0 Å². The van der Waals surface area contributed by atoms with Crippen LogP contribution in [-0.4, -0.2) is 28.8 Å². The molecule has 0 spiro atoms. The molecule has 2 aromatic rings. The quantitative estimate of drug-likeness (QED) is 0.648. The smallest absolute Gasteiger partial charge is 0.243 e. The normalized spacial score (nSPS) is 15.0. The number of halogens is 2. The summed E-state index contributed by atoms with van der Waals surface area (Å²) in [5.41, 5.74) is 1.20. The highest BCUT2D eigenvalue weighted by Crippen LogP contribution is 2.20. The molecule has 0 saturated heterocycles. The number of benzene rings is 2. The van der Waals surface area contributed by atoms with Gasteiger partial charge in [0, 0.05) is 17.6 Å². The van der Waals surface area contributed by atoms with Crippen molar-refractivity contribution in [2.45, 2.75) is 64.1 Å². The molecular formula is C24H28ClFN2O2. The SMILES string of the molecule is CC[C@@H](C(=O)NC1CCCC1)N(Cc1ccc(Cl)cc1)C(=O)Cc1ccccc1F. The van der Waals surface area contributed by atoms with E-state index in [1.807, 2.05) is 19.1 Å². The molecular weight excluding hydrogens is 403 g/mol. The van der Waals surface area contributed by atoms with Crippen molar-refractivity contribution in [3.63, 3.8) is 0 Å². The molecule has 1 N–H and O–H groups in total. The van der Waals surface area contributed by atoms with Crippen molar-refractivity contribution >= 4 is 23.4 Å². The fraction of sp³-hybridized carbons (Fsp3) is 0.417. The lowest BCUT2D eigenvalue weighted by Crippen LogP contribution is -2.51. The van der Waals surface area contributed by atoms with E-state index in [1.165, 1.54) is 6.07 Å². The van der Waals surface area contributed by atoms with Crippen LogP contribution < -0.4 is 5.32 Å². The summed E-state index contributed by atoms with van der Waals surface area (Å²) in [7, 11) is 0. The minimum absolute atomic E-state index is 0.0898. The van der Waals surface area contributed by atoms with Gasteiger partial charge in [-0.25, -0.2) is 4.39 Å². The first-order valence-electron chi connectivity index (χ1n) is 10.6. The predicted molar refractivity (Wildman–Crippen MR) is 117 cm³/mol. The van der Waals surface area contributed by atoms with Crippen molar-refractivity contribution in [1.29, 1.82) is 0 Å². The molecule has 1 saturated carbocycles. The lowest BCUT2D eigenvalue weighted by atomic mass is 10.1. The first-order chi connectivity index (χ1) is 14.5. The highest BCUT2D eigenvalue weighted by atomic mass is 35.5. The lowest BCUT2D eigenvalue weighted by molar-refractivity contribution is -0.141. The van der Waals surface area contributed by atoms with E-state index in [0.29, 0.717) is 17.0 Å². The number of nitrogens with zero attached hydrogens (tertiary/aromatic N) is 1. The Labute approximate surface area is 182 Å². The Hall–Kier alpha value is -2.40. The fourth-order valence-electron chi connectivity index (χ4n) is 3.98. The number of amides is 2. The van der Waals surface area contributed by atoms with Gasteiger partial charge in [0.2, 0.25) is 11.8 Å². The summed E-state index contributed by atoms with van der Waals surface area (Å²) in [5.74, 6) is -0.829. The molecule has 0 bridgehead atoms. The van der Waals surface area contributed by atoms with Gasteiger partial charge in [-0.05, 0) is 48.6 Å². The molecule has 6 heteroatoms. The fourth-order valence-corrected chi connectivity index (χ4v) is 4.11. The molecule has 2 amide bonds. The third-order valence-electron chi connectivity index (χ3n) is 5.65. The summed E-state index contributed by atoms with van der Waals surface area (Å²) < 4.78 is 14.1. The lowest BCUT2D eigenvalue weighted by Gasteiger charge is -2.31. The molecule has 2 aromatic carbocycles. The monoisotopic (exact) mass is 430 g/mol. The van der Waals surface area contributed by atoms with Crippen molar-refractivity contribution in [3.8, 4) is 0 Å². The Morgan fingerprint density at radius 1 is 1.13 bits per heavy atom. The minimum atomic E-state index is -0.611. The molecule has 4 nitrogen and oxygen atoms in total. The average molecular weight is 431 g/mol. The molecule has 1 aliphatic carbocycles. The molecule has 0 aliphatic heterocycles. The standard InChI is InChI=1S/C24H28ClFN2O2/c1-2-22(24(30)27-20-8-4-5-9-20)28(16-17-11-13-19(25)14-12-17)23(29)15-18-7-3-6-10-21(18)26/h3,6-7,10-14,20,22H,2,4-5,8-9,15-16H2,1H3,(H,27,30)/t22-/m0/s1. The van der Waals surface area contributed by atoms with E-state index in [0.717, 1.165) is 31.2 Å². The summed E-state index contributed by atoms with van der Waals surface area (Å²) in [6, 6.07) is 13.0. The number of carbonyl (C=O) groups excluding carboxylic acids is 2. The number of rotatable bonds is 8. The van der Waals surface area contributed by atoms with Crippen molar-refractivity contribution in [3.05, 3.63) is 70.5 Å². The Bertz CT molecular complexity index is 866.